The van der Waals surface area contributed by atoms with Crippen molar-refractivity contribution in [3.05, 3.63) is 47.9 Å². The van der Waals surface area contributed by atoms with Crippen LogP contribution in [0.4, 0.5) is 0 Å². The van der Waals surface area contributed by atoms with E-state index in [9.17, 15) is 14.7 Å². The highest BCUT2D eigenvalue weighted by Gasteiger charge is 2.44. The fourth-order valence-electron chi connectivity index (χ4n) is 3.14. The average molecular weight is 367 g/mol. The van der Waals surface area contributed by atoms with E-state index in [1.807, 2.05) is 30.3 Å². The number of benzene rings is 1. The van der Waals surface area contributed by atoms with Gasteiger partial charge in [-0.05, 0) is 31.2 Å². The van der Waals surface area contributed by atoms with Gasteiger partial charge in [-0.3, -0.25) is 9.78 Å². The minimum atomic E-state index is -1.43. The summed E-state index contributed by atoms with van der Waals surface area (Å²) >= 11 is 0. The van der Waals surface area contributed by atoms with Crippen LogP contribution in [0.2, 0.25) is 0 Å². The van der Waals surface area contributed by atoms with Gasteiger partial charge in [-0.2, -0.15) is 0 Å². The van der Waals surface area contributed by atoms with Gasteiger partial charge in [-0.1, -0.05) is 11.3 Å². The van der Waals surface area contributed by atoms with Crippen LogP contribution in [0.5, 0.6) is 0 Å². The first-order chi connectivity index (χ1) is 13.0. The number of nitrogens with zero attached hydrogens (tertiary/aromatic N) is 4. The first kappa shape index (κ1) is 17.1. The minimum Gasteiger partial charge on any atom is -0.479 e. The third kappa shape index (κ3) is 2.91. The van der Waals surface area contributed by atoms with Crippen molar-refractivity contribution in [1.29, 1.82) is 0 Å². The van der Waals surface area contributed by atoms with Crippen molar-refractivity contribution in [2.75, 3.05) is 13.2 Å². The number of amides is 1. The second kappa shape index (κ2) is 6.44. The van der Waals surface area contributed by atoms with E-state index >= 15 is 0 Å². The largest absolute Gasteiger partial charge is 0.479 e. The van der Waals surface area contributed by atoms with E-state index in [0.29, 0.717) is 5.69 Å². The molecule has 0 aliphatic carbocycles. The smallest absolute Gasteiger partial charge is 0.331 e. The van der Waals surface area contributed by atoms with Crippen LogP contribution in [-0.2, 0) is 9.53 Å². The predicted molar refractivity (Wildman–Crippen MR) is 94.7 cm³/mol. The molecule has 1 atom stereocenters. The lowest BCUT2D eigenvalue weighted by atomic mass is 9.99. The number of carbonyl (C=O) groups excluding carboxylic acids is 1. The van der Waals surface area contributed by atoms with Gasteiger partial charge in [-0.15, -0.1) is 5.10 Å². The Morgan fingerprint density at radius 3 is 2.93 bits per heavy atom. The van der Waals surface area contributed by atoms with E-state index in [-0.39, 0.29) is 25.3 Å². The van der Waals surface area contributed by atoms with Crippen molar-refractivity contribution in [1.82, 2.24) is 25.3 Å². The van der Waals surface area contributed by atoms with Gasteiger partial charge in [0.05, 0.1) is 23.5 Å². The lowest BCUT2D eigenvalue weighted by molar-refractivity contribution is -0.144. The molecule has 1 amide bonds. The zero-order chi connectivity index (χ0) is 19.0. The lowest BCUT2D eigenvalue weighted by Gasteiger charge is -2.23. The summed E-state index contributed by atoms with van der Waals surface area (Å²) in [6, 6.07) is 9.37. The van der Waals surface area contributed by atoms with Gasteiger partial charge in [0.2, 0.25) is 0 Å². The third-order valence-corrected chi connectivity index (χ3v) is 4.72. The predicted octanol–water partition coefficient (Wildman–Crippen LogP) is 1.10. The molecule has 27 heavy (non-hydrogen) atoms. The molecular formula is C18H17N5O4. The van der Waals surface area contributed by atoms with Crippen LogP contribution in [0.1, 0.15) is 22.6 Å². The molecule has 2 aromatic heterocycles. The number of carbonyl (C=O) groups is 2. The Morgan fingerprint density at radius 2 is 2.19 bits per heavy atom. The first-order valence-corrected chi connectivity index (χ1v) is 8.41. The van der Waals surface area contributed by atoms with Gasteiger partial charge in [0.1, 0.15) is 0 Å². The maximum atomic E-state index is 12.6. The fourth-order valence-corrected chi connectivity index (χ4v) is 3.14. The maximum Gasteiger partial charge on any atom is 0.331 e. The highest BCUT2D eigenvalue weighted by Crippen LogP contribution is 2.21. The molecule has 1 aliphatic heterocycles. The summed E-state index contributed by atoms with van der Waals surface area (Å²) in [5, 5.41) is 21.0. The van der Waals surface area contributed by atoms with E-state index < -0.39 is 17.4 Å². The molecule has 9 heteroatoms. The summed E-state index contributed by atoms with van der Waals surface area (Å²) in [5.41, 5.74) is 0.740. The van der Waals surface area contributed by atoms with Crippen molar-refractivity contribution < 1.29 is 19.4 Å². The molecule has 3 aromatic rings. The van der Waals surface area contributed by atoms with Crippen molar-refractivity contribution in [3.63, 3.8) is 0 Å². The number of hydrogen-bond donors (Lipinski definition) is 2. The highest BCUT2D eigenvalue weighted by molar-refractivity contribution is 5.97. The number of rotatable bonds is 4. The number of aromatic nitrogens is 4. The van der Waals surface area contributed by atoms with Crippen molar-refractivity contribution in [2.24, 2.45) is 0 Å². The molecule has 0 spiro atoms. The molecule has 1 saturated heterocycles. The number of fused-ring (bicyclic) bond motifs is 1. The Morgan fingerprint density at radius 1 is 1.33 bits per heavy atom. The van der Waals surface area contributed by atoms with E-state index in [4.69, 9.17) is 4.74 Å². The maximum absolute atomic E-state index is 12.6. The summed E-state index contributed by atoms with van der Waals surface area (Å²) in [6.45, 7) is 1.92. The van der Waals surface area contributed by atoms with Crippen LogP contribution < -0.4 is 5.32 Å². The first-order valence-electron chi connectivity index (χ1n) is 8.41. The molecule has 3 heterocycles. The zero-order valence-corrected chi connectivity index (χ0v) is 14.5. The van der Waals surface area contributed by atoms with Gasteiger partial charge < -0.3 is 15.2 Å². The number of carboxylic acid groups (broad SMARTS) is 1. The standard InChI is InChI=1S/C18H17N5O4/c1-11-15(16(24)20-18(17(25)26)6-8-27-10-18)21-22-23(11)13-4-5-14-12(9-13)3-2-7-19-14/h2-5,7,9H,6,8,10H2,1H3,(H,20,24)(H,25,26). The molecule has 138 valence electrons. The van der Waals surface area contributed by atoms with Crippen LogP contribution in [-0.4, -0.2) is 55.7 Å². The second-order valence-electron chi connectivity index (χ2n) is 6.46. The van der Waals surface area contributed by atoms with Gasteiger partial charge in [0.25, 0.3) is 5.91 Å². The molecule has 0 bridgehead atoms. The van der Waals surface area contributed by atoms with Crippen molar-refractivity contribution >= 4 is 22.8 Å². The van der Waals surface area contributed by atoms with Gasteiger partial charge >= 0.3 is 5.97 Å². The number of carboxylic acids is 1. The molecule has 2 N–H and O–H groups in total. The Kier molecular flexibility index (Phi) is 4.08. The highest BCUT2D eigenvalue weighted by atomic mass is 16.5. The number of hydrogen-bond acceptors (Lipinski definition) is 6. The van der Waals surface area contributed by atoms with Crippen LogP contribution in [0, 0.1) is 6.92 Å². The van der Waals surface area contributed by atoms with Crippen LogP contribution in [0.15, 0.2) is 36.5 Å². The van der Waals surface area contributed by atoms with Crippen LogP contribution in [0.3, 0.4) is 0 Å². The topological polar surface area (TPSA) is 119 Å². The van der Waals surface area contributed by atoms with Gasteiger partial charge in [-0.25, -0.2) is 9.48 Å². The number of aliphatic carboxylic acids is 1. The zero-order valence-electron chi connectivity index (χ0n) is 14.5. The normalized spacial score (nSPS) is 19.3. The number of nitrogens with one attached hydrogen (secondary N) is 1. The molecule has 1 aliphatic rings. The molecule has 1 fully saturated rings. The Bertz CT molecular complexity index is 1040. The van der Waals surface area contributed by atoms with Gasteiger partial charge in [0, 0.05) is 24.6 Å². The Labute approximate surface area is 154 Å². The van der Waals surface area contributed by atoms with Crippen molar-refractivity contribution in [3.8, 4) is 5.69 Å². The van der Waals surface area contributed by atoms with E-state index in [0.717, 1.165) is 16.6 Å². The Hall–Kier alpha value is -3.33. The minimum absolute atomic E-state index is 0.0705. The molecular weight excluding hydrogens is 350 g/mol. The van der Waals surface area contributed by atoms with Gasteiger partial charge in [0.15, 0.2) is 11.2 Å². The van der Waals surface area contributed by atoms with E-state index in [1.54, 1.807) is 17.8 Å². The van der Waals surface area contributed by atoms with Crippen LogP contribution >= 0.6 is 0 Å². The monoisotopic (exact) mass is 367 g/mol. The van der Waals surface area contributed by atoms with E-state index in [1.165, 1.54) is 0 Å². The van der Waals surface area contributed by atoms with E-state index in [2.05, 4.69) is 20.6 Å². The summed E-state index contributed by atoms with van der Waals surface area (Å²) in [4.78, 5) is 28.5. The second-order valence-corrected chi connectivity index (χ2v) is 6.46. The quantitative estimate of drug-likeness (QED) is 0.708. The summed E-state index contributed by atoms with van der Waals surface area (Å²) < 4.78 is 6.70. The molecule has 0 radical (unpaired) electrons. The average Bonchev–Trinajstić information content (AvgIpc) is 3.29. The fraction of sp³-hybridized carbons (Fsp3) is 0.278. The van der Waals surface area contributed by atoms with Crippen LogP contribution in [0.25, 0.3) is 16.6 Å². The molecule has 9 nitrogen and oxygen atoms in total. The number of ether oxygens (including phenoxy) is 1. The summed E-state index contributed by atoms with van der Waals surface area (Å²) in [5.74, 6) is -1.71. The SMILES string of the molecule is Cc1c(C(=O)NC2(C(=O)O)CCOC2)nnn1-c1ccc2ncccc2c1. The summed E-state index contributed by atoms with van der Waals surface area (Å²) in [7, 11) is 0. The molecule has 4 rings (SSSR count). The lowest BCUT2D eigenvalue weighted by Crippen LogP contribution is -2.55. The van der Waals surface area contributed by atoms with Crippen molar-refractivity contribution in [2.45, 2.75) is 18.9 Å². The third-order valence-electron chi connectivity index (χ3n) is 4.72. The molecule has 0 saturated carbocycles. The number of pyridine rings is 1. The Balaban J connectivity index is 1.65. The molecule has 1 aromatic carbocycles. The summed E-state index contributed by atoms with van der Waals surface area (Å²) in [6.07, 6.45) is 1.93. The molecule has 1 unspecified atom stereocenters.